The Balaban J connectivity index is 3.35. The molecule has 0 heterocycles. The summed E-state index contributed by atoms with van der Waals surface area (Å²) in [6, 6.07) is 4.15. The highest BCUT2D eigenvalue weighted by atomic mass is 32.2. The van der Waals surface area contributed by atoms with Crippen LogP contribution in [0.1, 0.15) is 12.5 Å². The maximum atomic E-state index is 12.4. The van der Waals surface area contributed by atoms with Crippen LogP contribution in [-0.4, -0.2) is 31.2 Å². The Morgan fingerprint density at radius 2 is 2.10 bits per heavy atom. The van der Waals surface area contributed by atoms with Crippen LogP contribution in [0, 0.1) is 34.3 Å². The van der Waals surface area contributed by atoms with Crippen LogP contribution in [0.2, 0.25) is 0 Å². The molecular weight excluding hydrogens is 296 g/mol. The minimum atomic E-state index is -3.93. The van der Waals surface area contributed by atoms with Crippen LogP contribution < -0.4 is 5.73 Å². The zero-order valence-electron chi connectivity index (χ0n) is 11.9. The number of hydrogen-bond acceptors (Lipinski definition) is 6. The Morgan fingerprint density at radius 3 is 2.57 bits per heavy atom. The molecule has 0 fully saturated rings. The predicted molar refractivity (Wildman–Crippen MR) is 76.8 cm³/mol. The van der Waals surface area contributed by atoms with E-state index in [1.807, 2.05) is 6.07 Å². The highest BCUT2D eigenvalue weighted by Gasteiger charge is 2.27. The number of nitro groups is 1. The van der Waals surface area contributed by atoms with Gasteiger partial charge in [0, 0.05) is 19.7 Å². The largest absolute Gasteiger partial charge is 0.393 e. The first-order chi connectivity index (χ1) is 9.61. The quantitative estimate of drug-likeness (QED) is 0.495. The minimum absolute atomic E-state index is 0.00352. The van der Waals surface area contributed by atoms with Crippen molar-refractivity contribution in [3.63, 3.8) is 0 Å². The third kappa shape index (κ3) is 3.48. The van der Waals surface area contributed by atoms with E-state index < -0.39 is 26.6 Å². The van der Waals surface area contributed by atoms with Gasteiger partial charge in [0.15, 0.2) is 0 Å². The summed E-state index contributed by atoms with van der Waals surface area (Å²) in [6.07, 6.45) is 0. The van der Waals surface area contributed by atoms with E-state index in [9.17, 15) is 18.5 Å². The van der Waals surface area contributed by atoms with Crippen molar-refractivity contribution in [2.75, 3.05) is 19.3 Å². The molecule has 0 saturated carbocycles. The normalized spacial score (nSPS) is 12.9. The topological polar surface area (TPSA) is 130 Å². The van der Waals surface area contributed by atoms with Crippen LogP contribution >= 0.6 is 0 Å². The Morgan fingerprint density at radius 1 is 1.52 bits per heavy atom. The number of nitriles is 1. The Kier molecular flexibility index (Phi) is 4.88. The third-order valence-corrected chi connectivity index (χ3v) is 4.93. The van der Waals surface area contributed by atoms with Crippen LogP contribution in [0.25, 0.3) is 0 Å². The van der Waals surface area contributed by atoms with E-state index in [1.165, 1.54) is 20.0 Å². The SMILES string of the molecule is Cc1cc(N)c([N+](=O)[O-])cc1S(=O)(=O)N(C)CC(C)C#N. The number of benzene rings is 1. The van der Waals surface area contributed by atoms with Crippen LogP contribution in [0.3, 0.4) is 0 Å². The molecule has 0 spiro atoms. The molecule has 1 atom stereocenters. The van der Waals surface area contributed by atoms with E-state index >= 15 is 0 Å². The molecule has 1 aromatic carbocycles. The number of nitro benzene ring substituents is 1. The fourth-order valence-corrected chi connectivity index (χ4v) is 3.31. The first-order valence-corrected chi connectivity index (χ1v) is 7.45. The van der Waals surface area contributed by atoms with E-state index in [4.69, 9.17) is 11.0 Å². The second-order valence-corrected chi connectivity index (χ2v) is 6.76. The van der Waals surface area contributed by atoms with E-state index in [0.29, 0.717) is 5.56 Å². The van der Waals surface area contributed by atoms with Crippen LogP contribution in [-0.2, 0) is 10.0 Å². The lowest BCUT2D eigenvalue weighted by Crippen LogP contribution is -2.31. The molecule has 8 nitrogen and oxygen atoms in total. The molecule has 0 bridgehead atoms. The van der Waals surface area contributed by atoms with Crippen molar-refractivity contribution >= 4 is 21.4 Å². The number of nitrogens with zero attached hydrogens (tertiary/aromatic N) is 3. The molecule has 0 aliphatic rings. The van der Waals surface area contributed by atoms with E-state index in [0.717, 1.165) is 10.4 Å². The molecule has 2 N–H and O–H groups in total. The van der Waals surface area contributed by atoms with Gasteiger partial charge in [-0.2, -0.15) is 9.57 Å². The summed E-state index contributed by atoms with van der Waals surface area (Å²) in [5.74, 6) is -0.492. The fourth-order valence-electron chi connectivity index (χ4n) is 1.83. The Labute approximate surface area is 123 Å². The van der Waals surface area contributed by atoms with Crippen molar-refractivity contribution in [1.29, 1.82) is 5.26 Å². The van der Waals surface area contributed by atoms with Gasteiger partial charge in [-0.05, 0) is 25.5 Å². The van der Waals surface area contributed by atoms with Gasteiger partial charge in [0.1, 0.15) is 5.69 Å². The Hall–Kier alpha value is -2.18. The van der Waals surface area contributed by atoms with Gasteiger partial charge in [0.05, 0.1) is 21.8 Å². The standard InChI is InChI=1S/C12H16N4O4S/c1-8(6-13)7-15(3)21(19,20)12-5-11(16(17)18)10(14)4-9(12)2/h4-5,8H,7,14H2,1-3H3. The Bertz CT molecular complexity index is 709. The van der Waals surface area contributed by atoms with Crippen molar-refractivity contribution < 1.29 is 13.3 Å². The molecule has 0 aliphatic heterocycles. The highest BCUT2D eigenvalue weighted by Crippen LogP contribution is 2.29. The van der Waals surface area contributed by atoms with Crippen molar-refractivity contribution in [3.8, 4) is 6.07 Å². The smallest absolute Gasteiger partial charge is 0.293 e. The van der Waals surface area contributed by atoms with Gasteiger partial charge in [0.25, 0.3) is 5.69 Å². The van der Waals surface area contributed by atoms with Crippen LogP contribution in [0.5, 0.6) is 0 Å². The summed E-state index contributed by atoms with van der Waals surface area (Å²) in [7, 11) is -2.60. The molecule has 0 aromatic heterocycles. The molecule has 9 heteroatoms. The molecule has 0 radical (unpaired) electrons. The summed E-state index contributed by atoms with van der Waals surface area (Å²) < 4.78 is 25.9. The van der Waals surface area contributed by atoms with Gasteiger partial charge in [-0.3, -0.25) is 10.1 Å². The zero-order chi connectivity index (χ0) is 16.4. The summed E-state index contributed by atoms with van der Waals surface area (Å²) in [5.41, 5.74) is 5.28. The number of rotatable bonds is 5. The monoisotopic (exact) mass is 312 g/mol. The van der Waals surface area contributed by atoms with E-state index in [1.54, 1.807) is 6.92 Å². The number of hydrogen-bond donors (Lipinski definition) is 1. The predicted octanol–water partition coefficient (Wildman–Crippen LogP) is 1.27. The summed E-state index contributed by atoms with van der Waals surface area (Å²) >= 11 is 0. The maximum absolute atomic E-state index is 12.4. The highest BCUT2D eigenvalue weighted by molar-refractivity contribution is 7.89. The van der Waals surface area contributed by atoms with Crippen LogP contribution in [0.4, 0.5) is 11.4 Å². The number of nitrogen functional groups attached to an aromatic ring is 1. The lowest BCUT2D eigenvalue weighted by atomic mass is 10.2. The number of sulfonamides is 1. The number of anilines is 1. The molecule has 21 heavy (non-hydrogen) atoms. The van der Waals surface area contributed by atoms with Crippen molar-refractivity contribution in [2.45, 2.75) is 18.7 Å². The second-order valence-electron chi connectivity index (χ2n) is 4.75. The van der Waals surface area contributed by atoms with Gasteiger partial charge in [0.2, 0.25) is 10.0 Å². The summed E-state index contributed by atoms with van der Waals surface area (Å²) in [6.45, 7) is 3.09. The molecule has 114 valence electrons. The molecule has 1 unspecified atom stereocenters. The second kappa shape index (κ2) is 6.07. The molecule has 1 rings (SSSR count). The van der Waals surface area contributed by atoms with Gasteiger partial charge in [-0.25, -0.2) is 8.42 Å². The van der Waals surface area contributed by atoms with Crippen molar-refractivity contribution in [3.05, 3.63) is 27.8 Å². The average molecular weight is 312 g/mol. The zero-order valence-corrected chi connectivity index (χ0v) is 12.7. The first-order valence-electron chi connectivity index (χ1n) is 6.01. The lowest BCUT2D eigenvalue weighted by molar-refractivity contribution is -0.384. The average Bonchev–Trinajstić information content (AvgIpc) is 2.37. The third-order valence-electron chi connectivity index (χ3n) is 2.96. The van der Waals surface area contributed by atoms with Gasteiger partial charge >= 0.3 is 0 Å². The van der Waals surface area contributed by atoms with E-state index in [-0.39, 0.29) is 17.1 Å². The molecule has 0 saturated heterocycles. The molecule has 0 amide bonds. The van der Waals surface area contributed by atoms with Crippen LogP contribution in [0.15, 0.2) is 17.0 Å². The fraction of sp³-hybridized carbons (Fsp3) is 0.417. The number of aryl methyl sites for hydroxylation is 1. The maximum Gasteiger partial charge on any atom is 0.293 e. The van der Waals surface area contributed by atoms with Gasteiger partial charge < -0.3 is 5.73 Å². The van der Waals surface area contributed by atoms with Gasteiger partial charge in [-0.15, -0.1) is 0 Å². The van der Waals surface area contributed by atoms with E-state index in [2.05, 4.69) is 0 Å². The summed E-state index contributed by atoms with van der Waals surface area (Å²) in [4.78, 5) is 9.97. The molecule has 0 aliphatic carbocycles. The lowest BCUT2D eigenvalue weighted by Gasteiger charge is -2.19. The number of nitrogens with two attached hydrogens (primary N) is 1. The molecular formula is C12H16N4O4S. The van der Waals surface area contributed by atoms with Gasteiger partial charge in [-0.1, -0.05) is 0 Å². The van der Waals surface area contributed by atoms with Crippen molar-refractivity contribution in [1.82, 2.24) is 4.31 Å². The minimum Gasteiger partial charge on any atom is -0.393 e. The van der Waals surface area contributed by atoms with Crippen molar-refractivity contribution in [2.24, 2.45) is 5.92 Å². The first kappa shape index (κ1) is 16.9. The summed E-state index contributed by atoms with van der Waals surface area (Å²) in [5, 5.41) is 19.6. The molecule has 1 aromatic rings.